The van der Waals surface area contributed by atoms with Gasteiger partial charge in [-0.3, -0.25) is 0 Å². The zero-order chi connectivity index (χ0) is 19.0. The number of carboxylic acid groups (broad SMARTS) is 1. The SMILES string of the molecule is COC(=O)c1ccc2nc3ccccc3c(C(=O)O)c2c1-c1ccccc1. The number of methoxy groups -OCH3 is 1. The molecule has 5 nitrogen and oxygen atoms in total. The van der Waals surface area contributed by atoms with Crippen LogP contribution in [0.1, 0.15) is 20.7 Å². The standard InChI is InChI=1S/C22H15NO4/c1-27-22(26)15-11-12-17-20(18(15)13-7-3-2-4-8-13)19(21(24)25)14-9-5-6-10-16(14)23-17/h2-12H,1H3,(H,24,25). The molecular weight excluding hydrogens is 342 g/mol. The number of carbonyl (C=O) groups is 2. The first-order valence-corrected chi connectivity index (χ1v) is 8.34. The van der Waals surface area contributed by atoms with E-state index in [1.807, 2.05) is 36.4 Å². The van der Waals surface area contributed by atoms with Crippen LogP contribution >= 0.6 is 0 Å². The van der Waals surface area contributed by atoms with E-state index in [1.54, 1.807) is 30.3 Å². The van der Waals surface area contributed by atoms with Crippen molar-refractivity contribution in [3.05, 3.63) is 77.9 Å². The number of hydrogen-bond donors (Lipinski definition) is 1. The maximum absolute atomic E-state index is 12.4. The van der Waals surface area contributed by atoms with E-state index in [4.69, 9.17) is 4.74 Å². The van der Waals surface area contributed by atoms with Crippen LogP contribution < -0.4 is 0 Å². The maximum atomic E-state index is 12.4. The van der Waals surface area contributed by atoms with Gasteiger partial charge in [-0.05, 0) is 23.8 Å². The van der Waals surface area contributed by atoms with Gasteiger partial charge in [0.15, 0.2) is 0 Å². The number of ether oxygens (including phenoxy) is 1. The minimum absolute atomic E-state index is 0.125. The highest BCUT2D eigenvalue weighted by Gasteiger charge is 2.23. The molecule has 0 atom stereocenters. The Bertz CT molecular complexity index is 1200. The van der Waals surface area contributed by atoms with Crippen molar-refractivity contribution in [2.75, 3.05) is 7.11 Å². The van der Waals surface area contributed by atoms with Crippen molar-refractivity contribution < 1.29 is 19.4 Å². The molecule has 27 heavy (non-hydrogen) atoms. The lowest BCUT2D eigenvalue weighted by Gasteiger charge is -2.15. The minimum atomic E-state index is -1.07. The van der Waals surface area contributed by atoms with Crippen molar-refractivity contribution in [3.63, 3.8) is 0 Å². The monoisotopic (exact) mass is 357 g/mol. The second kappa shape index (κ2) is 6.53. The van der Waals surface area contributed by atoms with E-state index in [0.29, 0.717) is 32.9 Å². The molecule has 1 aromatic heterocycles. The number of esters is 1. The van der Waals surface area contributed by atoms with E-state index in [-0.39, 0.29) is 5.56 Å². The van der Waals surface area contributed by atoms with Crippen molar-refractivity contribution in [1.82, 2.24) is 4.98 Å². The molecule has 4 aromatic rings. The van der Waals surface area contributed by atoms with Crippen LogP contribution in [-0.2, 0) is 4.74 Å². The smallest absolute Gasteiger partial charge is 0.338 e. The van der Waals surface area contributed by atoms with Crippen molar-refractivity contribution in [1.29, 1.82) is 0 Å². The van der Waals surface area contributed by atoms with Gasteiger partial charge in [-0.1, -0.05) is 48.5 Å². The molecule has 0 amide bonds. The van der Waals surface area contributed by atoms with Crippen LogP contribution in [0.2, 0.25) is 0 Å². The molecule has 0 aliphatic rings. The average Bonchev–Trinajstić information content (AvgIpc) is 2.70. The van der Waals surface area contributed by atoms with Crippen LogP contribution in [0, 0.1) is 0 Å². The van der Waals surface area contributed by atoms with E-state index >= 15 is 0 Å². The van der Waals surface area contributed by atoms with Gasteiger partial charge < -0.3 is 9.84 Å². The molecule has 0 saturated carbocycles. The number of nitrogens with zero attached hydrogens (tertiary/aromatic N) is 1. The summed E-state index contributed by atoms with van der Waals surface area (Å²) in [6.45, 7) is 0. The zero-order valence-corrected chi connectivity index (χ0v) is 14.5. The number of pyridine rings is 1. The predicted molar refractivity (Wildman–Crippen MR) is 103 cm³/mol. The van der Waals surface area contributed by atoms with Gasteiger partial charge in [0, 0.05) is 16.3 Å². The minimum Gasteiger partial charge on any atom is -0.478 e. The summed E-state index contributed by atoms with van der Waals surface area (Å²) in [6, 6.07) is 19.6. The Labute approximate surface area is 154 Å². The summed E-state index contributed by atoms with van der Waals surface area (Å²) < 4.78 is 4.93. The van der Waals surface area contributed by atoms with Crippen LogP contribution in [-0.4, -0.2) is 29.1 Å². The highest BCUT2D eigenvalue weighted by molar-refractivity contribution is 6.20. The summed E-state index contributed by atoms with van der Waals surface area (Å²) in [4.78, 5) is 29.2. The Morgan fingerprint density at radius 2 is 1.59 bits per heavy atom. The van der Waals surface area contributed by atoms with Crippen LogP contribution in [0.5, 0.6) is 0 Å². The van der Waals surface area contributed by atoms with Gasteiger partial charge in [0.25, 0.3) is 0 Å². The second-order valence-electron chi connectivity index (χ2n) is 6.05. The van der Waals surface area contributed by atoms with Gasteiger partial charge in [0.1, 0.15) is 0 Å². The lowest BCUT2D eigenvalue weighted by molar-refractivity contribution is 0.0600. The number of hydrogen-bond acceptors (Lipinski definition) is 4. The van der Waals surface area contributed by atoms with E-state index in [2.05, 4.69) is 4.98 Å². The molecule has 4 rings (SSSR count). The molecule has 0 saturated heterocycles. The van der Waals surface area contributed by atoms with E-state index < -0.39 is 11.9 Å². The third-order valence-electron chi connectivity index (χ3n) is 4.53. The summed E-state index contributed by atoms with van der Waals surface area (Å²) in [5.74, 6) is -1.60. The number of fused-ring (bicyclic) bond motifs is 2. The van der Waals surface area contributed by atoms with Crippen LogP contribution in [0.15, 0.2) is 66.7 Å². The number of aromatic nitrogens is 1. The van der Waals surface area contributed by atoms with Crippen molar-refractivity contribution >= 4 is 33.7 Å². The molecule has 1 N–H and O–H groups in total. The first-order chi connectivity index (χ1) is 13.1. The number of carboxylic acids is 1. The maximum Gasteiger partial charge on any atom is 0.338 e. The summed E-state index contributed by atoms with van der Waals surface area (Å²) in [5, 5.41) is 10.9. The summed E-state index contributed by atoms with van der Waals surface area (Å²) in [5.41, 5.74) is 2.76. The molecule has 132 valence electrons. The number of benzene rings is 3. The topological polar surface area (TPSA) is 76.5 Å². The fraction of sp³-hybridized carbons (Fsp3) is 0.0455. The number of para-hydroxylation sites is 1. The molecule has 0 unspecified atom stereocenters. The number of aromatic carboxylic acids is 1. The summed E-state index contributed by atoms with van der Waals surface area (Å²) in [7, 11) is 1.30. The largest absolute Gasteiger partial charge is 0.478 e. The van der Waals surface area contributed by atoms with Gasteiger partial charge in [0.2, 0.25) is 0 Å². The van der Waals surface area contributed by atoms with Crippen LogP contribution in [0.4, 0.5) is 0 Å². The molecule has 0 spiro atoms. The first kappa shape index (κ1) is 16.7. The summed E-state index contributed by atoms with van der Waals surface area (Å²) >= 11 is 0. The Morgan fingerprint density at radius 1 is 0.889 bits per heavy atom. The number of carbonyl (C=O) groups excluding carboxylic acids is 1. The van der Waals surface area contributed by atoms with E-state index in [0.717, 1.165) is 5.56 Å². The fourth-order valence-electron chi connectivity index (χ4n) is 3.39. The summed E-state index contributed by atoms with van der Waals surface area (Å²) in [6.07, 6.45) is 0. The Hall–Kier alpha value is -3.73. The third-order valence-corrected chi connectivity index (χ3v) is 4.53. The van der Waals surface area contributed by atoms with Gasteiger partial charge >= 0.3 is 11.9 Å². The van der Waals surface area contributed by atoms with Crippen molar-refractivity contribution in [3.8, 4) is 11.1 Å². The van der Waals surface area contributed by atoms with E-state index in [1.165, 1.54) is 7.11 Å². The quantitative estimate of drug-likeness (QED) is 0.430. The lowest BCUT2D eigenvalue weighted by Crippen LogP contribution is -2.08. The molecule has 0 fully saturated rings. The average molecular weight is 357 g/mol. The molecule has 0 radical (unpaired) electrons. The lowest BCUT2D eigenvalue weighted by atomic mass is 9.90. The highest BCUT2D eigenvalue weighted by atomic mass is 16.5. The first-order valence-electron chi connectivity index (χ1n) is 8.34. The second-order valence-corrected chi connectivity index (χ2v) is 6.05. The van der Waals surface area contributed by atoms with Crippen LogP contribution in [0.25, 0.3) is 32.9 Å². The molecule has 1 heterocycles. The van der Waals surface area contributed by atoms with Crippen LogP contribution in [0.3, 0.4) is 0 Å². The predicted octanol–water partition coefficient (Wildman–Crippen LogP) is 4.54. The molecule has 0 aliphatic heterocycles. The molecule has 0 bridgehead atoms. The normalized spacial score (nSPS) is 10.9. The van der Waals surface area contributed by atoms with Gasteiger partial charge in [-0.2, -0.15) is 0 Å². The van der Waals surface area contributed by atoms with Gasteiger partial charge in [-0.25, -0.2) is 14.6 Å². The third kappa shape index (κ3) is 2.69. The fourth-order valence-corrected chi connectivity index (χ4v) is 3.39. The molecular formula is C22H15NO4. The molecule has 5 heteroatoms. The van der Waals surface area contributed by atoms with Crippen molar-refractivity contribution in [2.24, 2.45) is 0 Å². The van der Waals surface area contributed by atoms with Gasteiger partial charge in [-0.15, -0.1) is 0 Å². The Balaban J connectivity index is 2.27. The van der Waals surface area contributed by atoms with Gasteiger partial charge in [0.05, 0.1) is 29.3 Å². The highest BCUT2D eigenvalue weighted by Crippen LogP contribution is 2.37. The Morgan fingerprint density at radius 3 is 2.30 bits per heavy atom. The zero-order valence-electron chi connectivity index (χ0n) is 14.5. The number of rotatable bonds is 3. The molecule has 3 aromatic carbocycles. The molecule has 0 aliphatic carbocycles. The van der Waals surface area contributed by atoms with E-state index in [9.17, 15) is 14.7 Å². The van der Waals surface area contributed by atoms with Crippen molar-refractivity contribution in [2.45, 2.75) is 0 Å². The Kier molecular flexibility index (Phi) is 4.05.